The van der Waals surface area contributed by atoms with Crippen LogP contribution in [0.2, 0.25) is 0 Å². The molecule has 3 heteroatoms. The highest BCUT2D eigenvalue weighted by molar-refractivity contribution is 8.00. The average molecular weight is 267 g/mol. The normalized spacial score (nSPS) is 25.3. The number of likely N-dealkylation sites (N-methyl/N-ethyl adjacent to an activating group) is 1. The van der Waals surface area contributed by atoms with E-state index in [4.69, 9.17) is 0 Å². The van der Waals surface area contributed by atoms with Crippen molar-refractivity contribution in [2.75, 3.05) is 12.3 Å². The highest BCUT2D eigenvalue weighted by atomic mass is 32.2. The number of thioether (sulfide) groups is 1. The molecule has 2 rings (SSSR count). The van der Waals surface area contributed by atoms with Gasteiger partial charge in [0, 0.05) is 10.8 Å². The first kappa shape index (κ1) is 13.9. The zero-order valence-electron chi connectivity index (χ0n) is 11.2. The summed E-state index contributed by atoms with van der Waals surface area (Å²) < 4.78 is 14.0. The molecule has 0 radical (unpaired) electrons. The summed E-state index contributed by atoms with van der Waals surface area (Å²) in [5, 5.41) is 3.55. The summed E-state index contributed by atoms with van der Waals surface area (Å²) in [4.78, 5) is 0. The van der Waals surface area contributed by atoms with Gasteiger partial charge in [0.15, 0.2) is 0 Å². The molecule has 2 unspecified atom stereocenters. The van der Waals surface area contributed by atoms with E-state index in [1.807, 2.05) is 23.9 Å². The standard InChI is InChI=1S/C15H22FNS/c1-3-17-14(15(2)9-6-10-18-15)11-12-7-4-5-8-13(12)16/h4-5,7-8,14,17H,3,6,9-11H2,1-2H3. The molecule has 18 heavy (non-hydrogen) atoms. The lowest BCUT2D eigenvalue weighted by molar-refractivity contribution is 0.401. The van der Waals surface area contributed by atoms with Crippen LogP contribution in [0.25, 0.3) is 0 Å². The summed E-state index contributed by atoms with van der Waals surface area (Å²) in [7, 11) is 0. The molecule has 1 aliphatic heterocycles. The van der Waals surface area contributed by atoms with E-state index in [2.05, 4.69) is 19.2 Å². The molecule has 1 N–H and O–H groups in total. The lowest BCUT2D eigenvalue weighted by atomic mass is 9.90. The summed E-state index contributed by atoms with van der Waals surface area (Å²) >= 11 is 2.03. The molecule has 2 atom stereocenters. The molecule has 0 bridgehead atoms. The van der Waals surface area contributed by atoms with Gasteiger partial charge in [-0.25, -0.2) is 4.39 Å². The van der Waals surface area contributed by atoms with E-state index in [0.29, 0.717) is 6.04 Å². The Morgan fingerprint density at radius 1 is 1.44 bits per heavy atom. The lowest BCUT2D eigenvalue weighted by Gasteiger charge is -2.34. The molecule has 0 amide bonds. The second-order valence-electron chi connectivity index (χ2n) is 5.17. The van der Waals surface area contributed by atoms with Crippen molar-refractivity contribution in [2.45, 2.75) is 43.9 Å². The van der Waals surface area contributed by atoms with Crippen LogP contribution in [0.4, 0.5) is 4.39 Å². The number of rotatable bonds is 5. The molecule has 0 aromatic heterocycles. The second kappa shape index (κ2) is 6.07. The number of halogens is 1. The minimum atomic E-state index is -0.0769. The Balaban J connectivity index is 2.13. The average Bonchev–Trinajstić information content (AvgIpc) is 2.79. The zero-order valence-corrected chi connectivity index (χ0v) is 12.0. The Labute approximate surface area is 114 Å². The van der Waals surface area contributed by atoms with Gasteiger partial charge >= 0.3 is 0 Å². The van der Waals surface area contributed by atoms with Crippen molar-refractivity contribution in [1.29, 1.82) is 0 Å². The highest BCUT2D eigenvalue weighted by Gasteiger charge is 2.37. The van der Waals surface area contributed by atoms with Crippen molar-refractivity contribution < 1.29 is 4.39 Å². The third-order valence-electron chi connectivity index (χ3n) is 3.82. The third kappa shape index (κ3) is 3.07. The molecule has 1 aromatic carbocycles. The van der Waals surface area contributed by atoms with Crippen molar-refractivity contribution in [3.8, 4) is 0 Å². The van der Waals surface area contributed by atoms with Crippen molar-refractivity contribution in [2.24, 2.45) is 0 Å². The lowest BCUT2D eigenvalue weighted by Crippen LogP contribution is -2.46. The number of nitrogens with one attached hydrogen (secondary N) is 1. The van der Waals surface area contributed by atoms with Crippen LogP contribution in [0.15, 0.2) is 24.3 Å². The largest absolute Gasteiger partial charge is 0.313 e. The fourth-order valence-electron chi connectivity index (χ4n) is 2.71. The van der Waals surface area contributed by atoms with Crippen LogP contribution in [0.5, 0.6) is 0 Å². The Morgan fingerprint density at radius 3 is 2.83 bits per heavy atom. The predicted molar refractivity (Wildman–Crippen MR) is 77.7 cm³/mol. The van der Waals surface area contributed by atoms with Gasteiger partial charge < -0.3 is 5.32 Å². The first-order valence-electron chi connectivity index (χ1n) is 6.76. The summed E-state index contributed by atoms with van der Waals surface area (Å²) in [6.45, 7) is 5.38. The quantitative estimate of drug-likeness (QED) is 0.874. The molecule has 1 aliphatic rings. The minimum Gasteiger partial charge on any atom is -0.313 e. The first-order chi connectivity index (χ1) is 8.65. The van der Waals surface area contributed by atoms with Crippen LogP contribution in [0.3, 0.4) is 0 Å². The Bertz CT molecular complexity index is 388. The van der Waals surface area contributed by atoms with E-state index in [0.717, 1.165) is 18.5 Å². The fourth-order valence-corrected chi connectivity index (χ4v) is 4.12. The van der Waals surface area contributed by atoms with E-state index < -0.39 is 0 Å². The van der Waals surface area contributed by atoms with Gasteiger partial charge in [0.1, 0.15) is 5.82 Å². The van der Waals surface area contributed by atoms with Gasteiger partial charge in [0.2, 0.25) is 0 Å². The van der Waals surface area contributed by atoms with E-state index in [-0.39, 0.29) is 10.6 Å². The monoisotopic (exact) mass is 267 g/mol. The Morgan fingerprint density at radius 2 is 2.22 bits per heavy atom. The molecule has 0 saturated carbocycles. The van der Waals surface area contributed by atoms with E-state index in [1.54, 1.807) is 12.1 Å². The van der Waals surface area contributed by atoms with Gasteiger partial charge in [-0.2, -0.15) is 11.8 Å². The molecule has 1 fully saturated rings. The van der Waals surface area contributed by atoms with Gasteiger partial charge in [-0.1, -0.05) is 25.1 Å². The molecular formula is C15H22FNS. The van der Waals surface area contributed by atoms with Crippen molar-refractivity contribution in [1.82, 2.24) is 5.32 Å². The van der Waals surface area contributed by atoms with Crippen LogP contribution in [0.1, 0.15) is 32.3 Å². The maximum absolute atomic E-state index is 13.8. The van der Waals surface area contributed by atoms with Crippen molar-refractivity contribution >= 4 is 11.8 Å². The predicted octanol–water partition coefficient (Wildman–Crippen LogP) is 3.63. The molecule has 1 saturated heterocycles. The van der Waals surface area contributed by atoms with Gasteiger partial charge in [-0.3, -0.25) is 0 Å². The van der Waals surface area contributed by atoms with Crippen molar-refractivity contribution in [3.63, 3.8) is 0 Å². The zero-order chi connectivity index (χ0) is 13.0. The molecule has 1 nitrogen and oxygen atoms in total. The highest BCUT2D eigenvalue weighted by Crippen LogP contribution is 2.41. The Kier molecular flexibility index (Phi) is 4.68. The van der Waals surface area contributed by atoms with Gasteiger partial charge in [-0.05, 0) is 50.1 Å². The minimum absolute atomic E-state index is 0.0769. The SMILES string of the molecule is CCNC(Cc1ccccc1F)C1(C)CCCS1. The van der Waals surface area contributed by atoms with Crippen LogP contribution in [-0.4, -0.2) is 23.1 Å². The van der Waals surface area contributed by atoms with E-state index in [9.17, 15) is 4.39 Å². The van der Waals surface area contributed by atoms with Crippen LogP contribution in [0, 0.1) is 5.82 Å². The van der Waals surface area contributed by atoms with Crippen LogP contribution < -0.4 is 5.32 Å². The molecule has 100 valence electrons. The molecule has 1 heterocycles. The molecule has 0 spiro atoms. The molecule has 0 aliphatic carbocycles. The van der Waals surface area contributed by atoms with Crippen LogP contribution >= 0.6 is 11.8 Å². The number of hydrogen-bond donors (Lipinski definition) is 1. The topological polar surface area (TPSA) is 12.0 Å². The smallest absolute Gasteiger partial charge is 0.126 e. The Hall–Kier alpha value is -0.540. The number of hydrogen-bond acceptors (Lipinski definition) is 2. The summed E-state index contributed by atoms with van der Waals surface area (Å²) in [6.07, 6.45) is 3.29. The van der Waals surface area contributed by atoms with Gasteiger partial charge in [-0.15, -0.1) is 0 Å². The maximum atomic E-state index is 13.8. The summed E-state index contributed by atoms with van der Waals surface area (Å²) in [6, 6.07) is 7.50. The summed E-state index contributed by atoms with van der Waals surface area (Å²) in [5.74, 6) is 1.15. The van der Waals surface area contributed by atoms with E-state index >= 15 is 0 Å². The maximum Gasteiger partial charge on any atom is 0.126 e. The van der Waals surface area contributed by atoms with Crippen molar-refractivity contribution in [3.05, 3.63) is 35.6 Å². The fraction of sp³-hybridized carbons (Fsp3) is 0.600. The van der Waals surface area contributed by atoms with E-state index in [1.165, 1.54) is 18.6 Å². The third-order valence-corrected chi connectivity index (χ3v) is 5.46. The molecule has 1 aromatic rings. The second-order valence-corrected chi connectivity index (χ2v) is 6.80. The van der Waals surface area contributed by atoms with Gasteiger partial charge in [0.05, 0.1) is 0 Å². The molecular weight excluding hydrogens is 245 g/mol. The van der Waals surface area contributed by atoms with Gasteiger partial charge in [0.25, 0.3) is 0 Å². The first-order valence-corrected chi connectivity index (χ1v) is 7.75. The number of benzene rings is 1. The van der Waals surface area contributed by atoms with Crippen LogP contribution in [-0.2, 0) is 6.42 Å². The summed E-state index contributed by atoms with van der Waals surface area (Å²) in [5.41, 5.74) is 0.831.